The Morgan fingerprint density at radius 1 is 1.05 bits per heavy atom. The third-order valence-electron chi connectivity index (χ3n) is 3.99. The van der Waals surface area contributed by atoms with Gasteiger partial charge >= 0.3 is 5.69 Å². The third-order valence-corrected chi connectivity index (χ3v) is 3.99. The standard InChI is InChI=1S/C17H25N3O2/c1-11(2)14-6-8-15(9-7-14)19-10-18-20(17(19)22)16(12(3)4)13(5)21/h6-13,16,21H,1-5H3. The van der Waals surface area contributed by atoms with Gasteiger partial charge in [-0.3, -0.25) is 0 Å². The lowest BCUT2D eigenvalue weighted by molar-refractivity contribution is 0.0934. The van der Waals surface area contributed by atoms with Crippen LogP contribution in [0.1, 0.15) is 52.1 Å². The Morgan fingerprint density at radius 3 is 2.09 bits per heavy atom. The molecule has 120 valence electrons. The molecule has 0 aliphatic rings. The predicted octanol–water partition coefficient (Wildman–Crippen LogP) is 2.74. The number of nitrogens with zero attached hydrogens (tertiary/aromatic N) is 3. The number of aromatic nitrogens is 3. The second kappa shape index (κ2) is 6.48. The van der Waals surface area contributed by atoms with E-state index in [1.54, 1.807) is 6.92 Å². The zero-order chi connectivity index (χ0) is 16.4. The summed E-state index contributed by atoms with van der Waals surface area (Å²) >= 11 is 0. The van der Waals surface area contributed by atoms with E-state index < -0.39 is 6.10 Å². The Kier molecular flexibility index (Phi) is 4.86. The molecule has 0 aliphatic heterocycles. The number of rotatable bonds is 5. The Hall–Kier alpha value is -1.88. The molecule has 2 unspecified atom stereocenters. The summed E-state index contributed by atoms with van der Waals surface area (Å²) < 4.78 is 2.90. The lowest BCUT2D eigenvalue weighted by Gasteiger charge is -2.22. The van der Waals surface area contributed by atoms with Gasteiger partial charge in [-0.2, -0.15) is 5.10 Å². The van der Waals surface area contributed by atoms with Gasteiger partial charge in [0.05, 0.1) is 17.8 Å². The van der Waals surface area contributed by atoms with Crippen LogP contribution in [0.2, 0.25) is 0 Å². The lowest BCUT2D eigenvalue weighted by Crippen LogP contribution is -2.35. The minimum absolute atomic E-state index is 0.115. The molecule has 0 bridgehead atoms. The van der Waals surface area contributed by atoms with Crippen LogP contribution in [0.5, 0.6) is 0 Å². The van der Waals surface area contributed by atoms with Crippen molar-refractivity contribution in [3.63, 3.8) is 0 Å². The first kappa shape index (κ1) is 16.5. The van der Waals surface area contributed by atoms with Crippen LogP contribution in [0, 0.1) is 5.92 Å². The van der Waals surface area contributed by atoms with Crippen LogP contribution in [0.4, 0.5) is 0 Å². The summed E-state index contributed by atoms with van der Waals surface area (Å²) in [6.45, 7) is 9.90. The molecule has 0 saturated carbocycles. The maximum atomic E-state index is 12.6. The smallest absolute Gasteiger partial charge is 0.350 e. The summed E-state index contributed by atoms with van der Waals surface area (Å²) in [4.78, 5) is 12.6. The van der Waals surface area contributed by atoms with Gasteiger partial charge < -0.3 is 5.11 Å². The quantitative estimate of drug-likeness (QED) is 0.924. The molecule has 0 aliphatic carbocycles. The normalized spacial score (nSPS) is 14.5. The average molecular weight is 303 g/mol. The second-order valence-electron chi connectivity index (χ2n) is 6.45. The Morgan fingerprint density at radius 2 is 1.64 bits per heavy atom. The van der Waals surface area contributed by atoms with E-state index in [9.17, 15) is 9.90 Å². The van der Waals surface area contributed by atoms with Gasteiger partial charge in [0.2, 0.25) is 0 Å². The van der Waals surface area contributed by atoms with Gasteiger partial charge in [-0.1, -0.05) is 39.8 Å². The lowest BCUT2D eigenvalue weighted by atomic mass is 10.00. The van der Waals surface area contributed by atoms with Crippen molar-refractivity contribution in [2.75, 3.05) is 0 Å². The van der Waals surface area contributed by atoms with Crippen LogP contribution < -0.4 is 5.69 Å². The molecule has 5 nitrogen and oxygen atoms in total. The van der Waals surface area contributed by atoms with Crippen molar-refractivity contribution >= 4 is 0 Å². The number of aliphatic hydroxyl groups excluding tert-OH is 1. The number of hydrogen-bond acceptors (Lipinski definition) is 3. The summed E-state index contributed by atoms with van der Waals surface area (Å²) in [5.74, 6) is 0.568. The van der Waals surface area contributed by atoms with Crippen molar-refractivity contribution in [1.29, 1.82) is 0 Å². The first-order valence-electron chi connectivity index (χ1n) is 7.77. The van der Waals surface area contributed by atoms with E-state index in [0.717, 1.165) is 5.69 Å². The van der Waals surface area contributed by atoms with Gasteiger partial charge in [0.15, 0.2) is 0 Å². The fourth-order valence-electron chi connectivity index (χ4n) is 2.76. The maximum Gasteiger partial charge on any atom is 0.350 e. The molecule has 0 radical (unpaired) electrons. The zero-order valence-corrected chi connectivity index (χ0v) is 13.9. The van der Waals surface area contributed by atoms with Crippen LogP contribution in [-0.2, 0) is 0 Å². The van der Waals surface area contributed by atoms with Crippen LogP contribution in [0.15, 0.2) is 35.4 Å². The van der Waals surface area contributed by atoms with Crippen molar-refractivity contribution in [3.05, 3.63) is 46.6 Å². The maximum absolute atomic E-state index is 12.6. The largest absolute Gasteiger partial charge is 0.391 e. The van der Waals surface area contributed by atoms with Gasteiger partial charge in [0, 0.05) is 0 Å². The number of aliphatic hydroxyl groups is 1. The third kappa shape index (κ3) is 3.14. The SMILES string of the molecule is CC(C)c1ccc(-n2cnn(C(C(C)C)C(C)O)c2=O)cc1. The van der Waals surface area contributed by atoms with E-state index in [4.69, 9.17) is 0 Å². The molecular formula is C17H25N3O2. The van der Waals surface area contributed by atoms with Gasteiger partial charge in [-0.15, -0.1) is 0 Å². The molecule has 0 saturated heterocycles. The van der Waals surface area contributed by atoms with E-state index in [-0.39, 0.29) is 17.6 Å². The van der Waals surface area contributed by atoms with E-state index in [2.05, 4.69) is 18.9 Å². The molecule has 0 spiro atoms. The van der Waals surface area contributed by atoms with Gasteiger partial charge in [0.25, 0.3) is 0 Å². The van der Waals surface area contributed by atoms with Crippen molar-refractivity contribution < 1.29 is 5.11 Å². The first-order valence-corrected chi connectivity index (χ1v) is 7.77. The fourth-order valence-corrected chi connectivity index (χ4v) is 2.76. The van der Waals surface area contributed by atoms with Gasteiger partial charge in [-0.25, -0.2) is 14.0 Å². The molecule has 1 aromatic heterocycles. The van der Waals surface area contributed by atoms with Crippen molar-refractivity contribution in [3.8, 4) is 5.69 Å². The molecule has 1 aromatic carbocycles. The second-order valence-corrected chi connectivity index (χ2v) is 6.45. The monoisotopic (exact) mass is 303 g/mol. The minimum Gasteiger partial charge on any atom is -0.391 e. The molecule has 1 heterocycles. The summed E-state index contributed by atoms with van der Waals surface area (Å²) in [7, 11) is 0. The highest BCUT2D eigenvalue weighted by Crippen LogP contribution is 2.20. The molecule has 0 amide bonds. The zero-order valence-electron chi connectivity index (χ0n) is 13.9. The molecule has 22 heavy (non-hydrogen) atoms. The van der Waals surface area contributed by atoms with Gasteiger partial charge in [0.1, 0.15) is 6.33 Å². The highest BCUT2D eigenvalue weighted by Gasteiger charge is 2.24. The Balaban J connectivity index is 2.41. The molecular weight excluding hydrogens is 278 g/mol. The van der Waals surface area contributed by atoms with Gasteiger partial charge in [-0.05, 0) is 36.5 Å². The van der Waals surface area contributed by atoms with Crippen LogP contribution in [0.3, 0.4) is 0 Å². The summed E-state index contributed by atoms with van der Waals surface area (Å²) in [5, 5.41) is 14.1. The average Bonchev–Trinajstić information content (AvgIpc) is 2.80. The van der Waals surface area contributed by atoms with E-state index in [1.807, 2.05) is 38.1 Å². The predicted molar refractivity (Wildman–Crippen MR) is 87.5 cm³/mol. The minimum atomic E-state index is -0.635. The molecule has 2 rings (SSSR count). The highest BCUT2D eigenvalue weighted by molar-refractivity contribution is 5.35. The summed E-state index contributed by atoms with van der Waals surface area (Å²) in [6, 6.07) is 7.57. The molecule has 5 heteroatoms. The van der Waals surface area contributed by atoms with Crippen molar-refractivity contribution in [1.82, 2.24) is 14.3 Å². The number of benzene rings is 1. The van der Waals surface area contributed by atoms with Crippen LogP contribution in [-0.4, -0.2) is 25.6 Å². The molecule has 0 fully saturated rings. The topological polar surface area (TPSA) is 60.1 Å². The number of hydrogen-bond donors (Lipinski definition) is 1. The van der Waals surface area contributed by atoms with E-state index in [1.165, 1.54) is 21.1 Å². The van der Waals surface area contributed by atoms with Crippen LogP contribution in [0.25, 0.3) is 5.69 Å². The summed E-state index contributed by atoms with van der Waals surface area (Å²) in [6.07, 6.45) is 0.883. The van der Waals surface area contributed by atoms with E-state index >= 15 is 0 Å². The molecule has 2 atom stereocenters. The Bertz CT molecular complexity index is 658. The van der Waals surface area contributed by atoms with Crippen molar-refractivity contribution in [2.45, 2.75) is 52.7 Å². The summed E-state index contributed by atoms with van der Waals surface area (Å²) in [5.41, 5.74) is 1.79. The fraction of sp³-hybridized carbons (Fsp3) is 0.529. The highest BCUT2D eigenvalue weighted by atomic mass is 16.3. The van der Waals surface area contributed by atoms with E-state index in [0.29, 0.717) is 5.92 Å². The van der Waals surface area contributed by atoms with Crippen molar-refractivity contribution in [2.24, 2.45) is 5.92 Å². The van der Waals surface area contributed by atoms with Crippen LogP contribution >= 0.6 is 0 Å². The molecule has 1 N–H and O–H groups in total. The Labute approximate surface area is 131 Å². The molecule has 2 aromatic rings. The first-order chi connectivity index (χ1) is 10.3.